The van der Waals surface area contributed by atoms with Crippen LogP contribution in [0.4, 0.5) is 5.69 Å². The number of benzene rings is 3. The first-order valence-electron chi connectivity index (χ1n) is 9.97. The molecule has 0 aliphatic carbocycles. The van der Waals surface area contributed by atoms with Crippen LogP contribution in [0.15, 0.2) is 77.7 Å². The van der Waals surface area contributed by atoms with Crippen LogP contribution < -0.4 is 14.8 Å². The number of rotatable bonds is 11. The number of aliphatic hydroxyl groups excluding tert-OH is 1. The van der Waals surface area contributed by atoms with Gasteiger partial charge in [-0.05, 0) is 67.1 Å². The van der Waals surface area contributed by atoms with Crippen molar-refractivity contribution in [2.24, 2.45) is 0 Å². The molecule has 32 heavy (non-hydrogen) atoms. The summed E-state index contributed by atoms with van der Waals surface area (Å²) >= 11 is 11.9. The maximum Gasteiger partial charge on any atom is 0.261 e. The topological polar surface area (TPSA) is 87.7 Å². The van der Waals surface area contributed by atoms with Gasteiger partial charge in [-0.15, -0.1) is 0 Å². The second-order valence-corrected chi connectivity index (χ2v) is 9.61. The summed E-state index contributed by atoms with van der Waals surface area (Å²) < 4.78 is 32.8. The SMILES string of the molecule is O=S(=O)(Nc1ccc(OCC(O)CNCCc2ccc(Cl)c(Cl)c2)cc1)c1ccccc1. The van der Waals surface area contributed by atoms with Gasteiger partial charge >= 0.3 is 0 Å². The van der Waals surface area contributed by atoms with Gasteiger partial charge in [-0.25, -0.2) is 8.42 Å². The van der Waals surface area contributed by atoms with Gasteiger partial charge in [0.25, 0.3) is 10.0 Å². The van der Waals surface area contributed by atoms with Crippen LogP contribution in [0.5, 0.6) is 5.75 Å². The van der Waals surface area contributed by atoms with E-state index >= 15 is 0 Å². The Morgan fingerprint density at radius 1 is 0.938 bits per heavy atom. The van der Waals surface area contributed by atoms with Crippen molar-refractivity contribution < 1.29 is 18.3 Å². The van der Waals surface area contributed by atoms with Crippen molar-refractivity contribution >= 4 is 38.9 Å². The Balaban J connectivity index is 1.39. The fourth-order valence-corrected chi connectivity index (χ4v) is 4.28. The molecule has 170 valence electrons. The summed E-state index contributed by atoms with van der Waals surface area (Å²) in [4.78, 5) is 0.190. The van der Waals surface area contributed by atoms with Gasteiger partial charge in [-0.2, -0.15) is 0 Å². The molecule has 1 unspecified atom stereocenters. The average Bonchev–Trinajstić information content (AvgIpc) is 2.79. The first-order valence-corrected chi connectivity index (χ1v) is 12.2. The van der Waals surface area contributed by atoms with Gasteiger partial charge < -0.3 is 15.2 Å². The van der Waals surface area contributed by atoms with Crippen molar-refractivity contribution in [2.75, 3.05) is 24.4 Å². The molecular formula is C23H24Cl2N2O4S. The number of anilines is 1. The Bertz CT molecular complexity index is 1110. The zero-order valence-corrected chi connectivity index (χ0v) is 19.5. The van der Waals surface area contributed by atoms with Crippen LogP contribution in [0, 0.1) is 0 Å². The van der Waals surface area contributed by atoms with Crippen LogP contribution in [-0.2, 0) is 16.4 Å². The minimum absolute atomic E-state index is 0.106. The van der Waals surface area contributed by atoms with E-state index in [1.807, 2.05) is 12.1 Å². The summed E-state index contributed by atoms with van der Waals surface area (Å²) in [5.41, 5.74) is 1.48. The molecule has 3 aromatic carbocycles. The van der Waals surface area contributed by atoms with Gasteiger partial charge in [0, 0.05) is 12.2 Å². The molecule has 0 aliphatic heterocycles. The van der Waals surface area contributed by atoms with Gasteiger partial charge in [-0.1, -0.05) is 47.5 Å². The maximum absolute atomic E-state index is 12.4. The van der Waals surface area contributed by atoms with Crippen LogP contribution in [0.3, 0.4) is 0 Å². The molecule has 9 heteroatoms. The Hall–Kier alpha value is -2.29. The van der Waals surface area contributed by atoms with Crippen LogP contribution in [0.2, 0.25) is 10.0 Å². The molecule has 0 saturated heterocycles. The highest BCUT2D eigenvalue weighted by molar-refractivity contribution is 7.92. The zero-order chi connectivity index (χ0) is 23.0. The molecular weight excluding hydrogens is 471 g/mol. The molecule has 0 aliphatic rings. The smallest absolute Gasteiger partial charge is 0.261 e. The monoisotopic (exact) mass is 494 g/mol. The number of halogens is 2. The highest BCUT2D eigenvalue weighted by Gasteiger charge is 2.13. The fourth-order valence-electron chi connectivity index (χ4n) is 2.88. The Labute approximate surface area is 198 Å². The summed E-state index contributed by atoms with van der Waals surface area (Å²) in [6.07, 6.45) is 0.0604. The van der Waals surface area contributed by atoms with Crippen LogP contribution >= 0.6 is 23.2 Å². The Morgan fingerprint density at radius 3 is 2.34 bits per heavy atom. The van der Waals surface area contributed by atoms with Gasteiger partial charge in [0.1, 0.15) is 18.5 Å². The molecule has 0 heterocycles. The molecule has 3 N–H and O–H groups in total. The third kappa shape index (κ3) is 7.39. The fraction of sp³-hybridized carbons (Fsp3) is 0.217. The minimum atomic E-state index is -3.64. The first kappa shape index (κ1) is 24.4. The molecule has 1 atom stereocenters. The number of hydrogen-bond donors (Lipinski definition) is 3. The van der Waals surface area contributed by atoms with E-state index in [0.717, 1.165) is 12.0 Å². The predicted molar refractivity (Wildman–Crippen MR) is 128 cm³/mol. The van der Waals surface area contributed by atoms with Crippen LogP contribution in [-0.4, -0.2) is 39.3 Å². The normalized spacial score (nSPS) is 12.3. The Kier molecular flexibility index (Phi) is 8.78. The summed E-state index contributed by atoms with van der Waals surface area (Å²) in [5, 5.41) is 14.3. The lowest BCUT2D eigenvalue weighted by Crippen LogP contribution is -2.32. The van der Waals surface area contributed by atoms with Crippen molar-refractivity contribution in [1.29, 1.82) is 0 Å². The number of nitrogens with one attached hydrogen (secondary N) is 2. The van der Waals surface area contributed by atoms with Gasteiger partial charge in [0.05, 0.1) is 14.9 Å². The quantitative estimate of drug-likeness (QED) is 0.344. The molecule has 0 saturated carbocycles. The molecule has 3 rings (SSSR count). The summed E-state index contributed by atoms with van der Waals surface area (Å²) in [6, 6.07) is 20.2. The summed E-state index contributed by atoms with van der Waals surface area (Å²) in [5.74, 6) is 0.530. The molecule has 0 radical (unpaired) electrons. The maximum atomic E-state index is 12.4. The Morgan fingerprint density at radius 2 is 1.66 bits per heavy atom. The van der Waals surface area contributed by atoms with Crippen LogP contribution in [0.1, 0.15) is 5.56 Å². The number of aliphatic hydroxyl groups is 1. The van der Waals surface area contributed by atoms with Crippen molar-refractivity contribution in [3.8, 4) is 5.75 Å². The zero-order valence-electron chi connectivity index (χ0n) is 17.2. The lowest BCUT2D eigenvalue weighted by atomic mass is 10.1. The van der Waals surface area contributed by atoms with Gasteiger partial charge in [0.2, 0.25) is 0 Å². The van der Waals surface area contributed by atoms with E-state index in [-0.39, 0.29) is 11.5 Å². The van der Waals surface area contributed by atoms with Crippen LogP contribution in [0.25, 0.3) is 0 Å². The van der Waals surface area contributed by atoms with Crippen molar-refractivity contribution in [1.82, 2.24) is 5.32 Å². The van der Waals surface area contributed by atoms with Gasteiger partial charge in [-0.3, -0.25) is 4.72 Å². The minimum Gasteiger partial charge on any atom is -0.491 e. The molecule has 3 aromatic rings. The molecule has 0 fully saturated rings. The summed E-state index contributed by atoms with van der Waals surface area (Å²) in [7, 11) is -3.64. The van der Waals surface area contributed by atoms with Crippen molar-refractivity contribution in [3.05, 3.63) is 88.4 Å². The van der Waals surface area contributed by atoms with E-state index < -0.39 is 16.1 Å². The third-order valence-electron chi connectivity index (χ3n) is 4.56. The highest BCUT2D eigenvalue weighted by atomic mass is 35.5. The second kappa shape index (κ2) is 11.5. The van der Waals surface area contributed by atoms with E-state index in [9.17, 15) is 13.5 Å². The van der Waals surface area contributed by atoms with E-state index in [1.54, 1.807) is 48.5 Å². The molecule has 0 spiro atoms. The molecule has 0 bridgehead atoms. The second-order valence-electron chi connectivity index (χ2n) is 7.11. The van der Waals surface area contributed by atoms with E-state index in [4.69, 9.17) is 27.9 Å². The van der Waals surface area contributed by atoms with Gasteiger partial charge in [0.15, 0.2) is 0 Å². The first-order chi connectivity index (χ1) is 15.3. The number of ether oxygens (including phenoxy) is 1. The van der Waals surface area contributed by atoms with Crippen molar-refractivity contribution in [3.63, 3.8) is 0 Å². The molecule has 6 nitrogen and oxygen atoms in total. The lowest BCUT2D eigenvalue weighted by Gasteiger charge is -2.14. The summed E-state index contributed by atoms with van der Waals surface area (Å²) in [6.45, 7) is 1.15. The predicted octanol–water partition coefficient (Wildman–Crippen LogP) is 4.37. The largest absolute Gasteiger partial charge is 0.491 e. The van der Waals surface area contributed by atoms with E-state index in [2.05, 4.69) is 10.0 Å². The standard InChI is InChI=1S/C23H24Cl2N2O4S/c24-22-11-6-17(14-23(22)25)12-13-26-15-19(28)16-31-20-9-7-18(8-10-20)27-32(29,30)21-4-2-1-3-5-21/h1-11,14,19,26-28H,12-13,15-16H2. The number of sulfonamides is 1. The van der Waals surface area contributed by atoms with E-state index in [0.29, 0.717) is 34.6 Å². The average molecular weight is 495 g/mol. The number of hydrogen-bond acceptors (Lipinski definition) is 5. The van der Waals surface area contributed by atoms with Crippen molar-refractivity contribution in [2.45, 2.75) is 17.4 Å². The lowest BCUT2D eigenvalue weighted by molar-refractivity contribution is 0.106. The molecule has 0 amide bonds. The van der Waals surface area contributed by atoms with E-state index in [1.165, 1.54) is 12.1 Å². The highest BCUT2D eigenvalue weighted by Crippen LogP contribution is 2.22. The third-order valence-corrected chi connectivity index (χ3v) is 6.69. The molecule has 0 aromatic heterocycles.